The van der Waals surface area contributed by atoms with E-state index in [1.165, 1.54) is 4.68 Å². The van der Waals surface area contributed by atoms with Gasteiger partial charge in [-0.25, -0.2) is 4.68 Å². The number of hydrogen-bond acceptors (Lipinski definition) is 5. The van der Waals surface area contributed by atoms with Crippen molar-refractivity contribution < 1.29 is 9.72 Å². The fourth-order valence-corrected chi connectivity index (χ4v) is 2.22. The number of nitro groups is 1. The van der Waals surface area contributed by atoms with Gasteiger partial charge in [-0.1, -0.05) is 13.3 Å². The number of carbonyl (C=O) groups excluding carboxylic acids is 1. The van der Waals surface area contributed by atoms with Crippen molar-refractivity contribution >= 4 is 17.4 Å². The number of aryl methyl sites for hydroxylation is 2. The van der Waals surface area contributed by atoms with Gasteiger partial charge in [0.25, 0.3) is 0 Å². The predicted molar refractivity (Wildman–Crippen MR) is 78.1 cm³/mol. The van der Waals surface area contributed by atoms with Gasteiger partial charge in [0.2, 0.25) is 11.7 Å². The second-order valence-electron chi connectivity index (χ2n) is 5.27. The molecule has 0 spiro atoms. The summed E-state index contributed by atoms with van der Waals surface area (Å²) >= 11 is 0. The molecule has 0 aliphatic heterocycles. The van der Waals surface area contributed by atoms with Gasteiger partial charge in [-0.15, -0.1) is 0 Å². The Kier molecular flexibility index (Phi) is 4.77. The van der Waals surface area contributed by atoms with Crippen molar-refractivity contribution in [3.05, 3.63) is 15.8 Å². The lowest BCUT2D eigenvalue weighted by Gasteiger charge is -2.07. The van der Waals surface area contributed by atoms with Gasteiger partial charge in [0.05, 0.1) is 4.92 Å². The third-order valence-corrected chi connectivity index (χ3v) is 3.43. The molecule has 0 saturated heterocycles. The number of aromatic nitrogens is 2. The van der Waals surface area contributed by atoms with Gasteiger partial charge < -0.3 is 10.6 Å². The summed E-state index contributed by atoms with van der Waals surface area (Å²) in [5.41, 5.74) is 0.530. The van der Waals surface area contributed by atoms with E-state index in [0.717, 1.165) is 19.3 Å². The highest BCUT2D eigenvalue weighted by atomic mass is 16.6. The first-order valence-electron chi connectivity index (χ1n) is 7.26. The first kappa shape index (κ1) is 15.3. The van der Waals surface area contributed by atoms with Crippen LogP contribution in [-0.4, -0.2) is 33.7 Å². The zero-order valence-corrected chi connectivity index (χ0v) is 12.4. The van der Waals surface area contributed by atoms with Gasteiger partial charge in [0, 0.05) is 26.1 Å². The number of carbonyl (C=O) groups is 1. The summed E-state index contributed by atoms with van der Waals surface area (Å²) in [6, 6.07) is 0. The first-order valence-corrected chi connectivity index (χ1v) is 7.26. The minimum Gasteiger partial charge on any atom is -0.363 e. The predicted octanol–water partition coefficient (Wildman–Crippen LogP) is 1.22. The minimum absolute atomic E-state index is 0.0351. The molecule has 0 radical (unpaired) electrons. The fourth-order valence-electron chi connectivity index (χ4n) is 2.22. The smallest absolute Gasteiger partial charge is 0.333 e. The molecule has 1 aromatic rings. The van der Waals surface area contributed by atoms with Crippen LogP contribution in [0.2, 0.25) is 0 Å². The molecular formula is C13H21N5O3. The molecule has 0 bridgehead atoms. The lowest BCUT2D eigenvalue weighted by Crippen LogP contribution is -2.30. The summed E-state index contributed by atoms with van der Waals surface area (Å²) in [7, 11) is 1.68. The van der Waals surface area contributed by atoms with Gasteiger partial charge >= 0.3 is 5.69 Å². The van der Waals surface area contributed by atoms with Crippen LogP contribution in [0.25, 0.3) is 0 Å². The lowest BCUT2D eigenvalue weighted by molar-refractivity contribution is -0.384. The van der Waals surface area contributed by atoms with Crippen molar-refractivity contribution in [1.82, 2.24) is 15.1 Å². The van der Waals surface area contributed by atoms with E-state index in [1.54, 1.807) is 7.05 Å². The number of amides is 1. The molecule has 116 valence electrons. The molecule has 1 fully saturated rings. The van der Waals surface area contributed by atoms with Gasteiger partial charge in [-0.2, -0.15) is 5.10 Å². The van der Waals surface area contributed by atoms with Crippen LogP contribution in [0.5, 0.6) is 0 Å². The van der Waals surface area contributed by atoms with E-state index in [9.17, 15) is 14.9 Å². The molecule has 0 atom stereocenters. The molecule has 2 rings (SSSR count). The van der Waals surface area contributed by atoms with Crippen molar-refractivity contribution in [1.29, 1.82) is 0 Å². The maximum Gasteiger partial charge on any atom is 0.333 e. The maximum atomic E-state index is 11.5. The molecule has 0 unspecified atom stereocenters. The van der Waals surface area contributed by atoms with E-state index >= 15 is 0 Å². The van der Waals surface area contributed by atoms with Crippen LogP contribution < -0.4 is 10.6 Å². The average Bonchev–Trinajstić information content (AvgIpc) is 3.21. The van der Waals surface area contributed by atoms with Crippen LogP contribution in [-0.2, 0) is 18.3 Å². The highest BCUT2D eigenvalue weighted by Gasteiger charge is 2.29. The zero-order valence-electron chi connectivity index (χ0n) is 12.4. The Morgan fingerprint density at radius 1 is 1.48 bits per heavy atom. The molecule has 1 aromatic heterocycles. The molecular weight excluding hydrogens is 274 g/mol. The summed E-state index contributed by atoms with van der Waals surface area (Å²) in [6.45, 7) is 2.84. The summed E-state index contributed by atoms with van der Waals surface area (Å²) in [4.78, 5) is 22.3. The molecule has 1 saturated carbocycles. The SMILES string of the molecule is CCCc1nn(C)c(NCCNC(=O)C2CC2)c1[N+](=O)[O-]. The number of nitrogens with zero attached hydrogens (tertiary/aromatic N) is 3. The number of nitrogens with one attached hydrogen (secondary N) is 2. The van der Waals surface area contributed by atoms with Crippen LogP contribution in [0, 0.1) is 16.0 Å². The Balaban J connectivity index is 1.94. The summed E-state index contributed by atoms with van der Waals surface area (Å²) < 4.78 is 1.49. The van der Waals surface area contributed by atoms with Crippen LogP contribution in [0.1, 0.15) is 31.9 Å². The quantitative estimate of drug-likeness (QED) is 0.426. The summed E-state index contributed by atoms with van der Waals surface area (Å²) in [5.74, 6) is 0.638. The van der Waals surface area contributed by atoms with Crippen LogP contribution >= 0.6 is 0 Å². The molecule has 21 heavy (non-hydrogen) atoms. The van der Waals surface area contributed by atoms with Crippen LogP contribution in [0.4, 0.5) is 11.5 Å². The monoisotopic (exact) mass is 295 g/mol. The van der Waals surface area contributed by atoms with Gasteiger partial charge in [-0.3, -0.25) is 14.9 Å². The van der Waals surface area contributed by atoms with Crippen LogP contribution in [0.15, 0.2) is 0 Å². The third-order valence-electron chi connectivity index (χ3n) is 3.43. The largest absolute Gasteiger partial charge is 0.363 e. The van der Waals surface area contributed by atoms with Crippen molar-refractivity contribution in [2.75, 3.05) is 18.4 Å². The molecule has 2 N–H and O–H groups in total. The number of anilines is 1. The molecule has 1 amide bonds. The molecule has 1 aliphatic carbocycles. The Morgan fingerprint density at radius 2 is 2.19 bits per heavy atom. The standard InChI is InChI=1S/C13H21N5O3/c1-3-4-10-11(18(20)21)12(17(2)16-10)14-7-8-15-13(19)9-5-6-9/h9,14H,3-8H2,1-2H3,(H,15,19). The Labute approximate surface area is 123 Å². The Hall–Kier alpha value is -2.12. The van der Waals surface area contributed by atoms with Crippen molar-refractivity contribution in [3.63, 3.8) is 0 Å². The molecule has 0 aromatic carbocycles. The number of hydrogen-bond donors (Lipinski definition) is 2. The van der Waals surface area contributed by atoms with Crippen molar-refractivity contribution in [3.8, 4) is 0 Å². The molecule has 1 heterocycles. The van der Waals surface area contributed by atoms with Gasteiger partial charge in [0.1, 0.15) is 5.69 Å². The van der Waals surface area contributed by atoms with Gasteiger partial charge in [-0.05, 0) is 19.3 Å². The number of rotatable bonds is 8. The topological polar surface area (TPSA) is 102 Å². The van der Waals surface area contributed by atoms with Crippen molar-refractivity contribution in [2.24, 2.45) is 13.0 Å². The second kappa shape index (κ2) is 6.55. The normalized spacial score (nSPS) is 14.0. The highest BCUT2D eigenvalue weighted by molar-refractivity contribution is 5.80. The highest BCUT2D eigenvalue weighted by Crippen LogP contribution is 2.29. The van der Waals surface area contributed by atoms with Crippen LogP contribution in [0.3, 0.4) is 0 Å². The van der Waals surface area contributed by atoms with E-state index in [2.05, 4.69) is 15.7 Å². The van der Waals surface area contributed by atoms with E-state index in [1.807, 2.05) is 6.92 Å². The molecule has 1 aliphatic rings. The zero-order chi connectivity index (χ0) is 15.4. The van der Waals surface area contributed by atoms with Gasteiger partial charge in [0.15, 0.2) is 0 Å². The van der Waals surface area contributed by atoms with E-state index in [4.69, 9.17) is 0 Å². The summed E-state index contributed by atoms with van der Waals surface area (Å²) in [5, 5.41) is 21.2. The second-order valence-corrected chi connectivity index (χ2v) is 5.27. The lowest BCUT2D eigenvalue weighted by atomic mass is 10.2. The average molecular weight is 295 g/mol. The van der Waals surface area contributed by atoms with E-state index < -0.39 is 4.92 Å². The maximum absolute atomic E-state index is 11.5. The molecule has 8 nitrogen and oxygen atoms in total. The Morgan fingerprint density at radius 3 is 2.76 bits per heavy atom. The molecule has 8 heteroatoms. The third kappa shape index (κ3) is 3.71. The van der Waals surface area contributed by atoms with E-state index in [-0.39, 0.29) is 17.5 Å². The fraction of sp³-hybridized carbons (Fsp3) is 0.692. The minimum atomic E-state index is -0.400. The summed E-state index contributed by atoms with van der Waals surface area (Å²) in [6.07, 6.45) is 3.30. The Bertz CT molecular complexity index is 536. The van der Waals surface area contributed by atoms with E-state index in [0.29, 0.717) is 31.0 Å². The van der Waals surface area contributed by atoms with Crippen molar-refractivity contribution in [2.45, 2.75) is 32.6 Å². The first-order chi connectivity index (χ1) is 10.0.